The van der Waals surface area contributed by atoms with Crippen LogP contribution < -0.4 is 0 Å². The van der Waals surface area contributed by atoms with E-state index < -0.39 is 12.3 Å². The Morgan fingerprint density at radius 2 is 1.92 bits per heavy atom. The van der Waals surface area contributed by atoms with Gasteiger partial charge in [0, 0.05) is 6.42 Å². The molecule has 72 valence electrons. The largest absolute Gasteiger partial charge is 0.414 e. The summed E-state index contributed by atoms with van der Waals surface area (Å²) in [6, 6.07) is 0. The predicted molar refractivity (Wildman–Crippen MR) is 40.7 cm³/mol. The maximum Gasteiger partial charge on any atom is 0.414 e. The molecule has 0 bridgehead atoms. The van der Waals surface area contributed by atoms with E-state index >= 15 is 0 Å². The van der Waals surface area contributed by atoms with Gasteiger partial charge in [0.15, 0.2) is 6.10 Å². The van der Waals surface area contributed by atoms with Gasteiger partial charge in [-0.05, 0) is 6.42 Å². The van der Waals surface area contributed by atoms with E-state index in [1.165, 1.54) is 6.08 Å². The van der Waals surface area contributed by atoms with Crippen molar-refractivity contribution in [3.8, 4) is 0 Å². The predicted octanol–water partition coefficient (Wildman–Crippen LogP) is 2.66. The maximum absolute atomic E-state index is 11.7. The van der Waals surface area contributed by atoms with Crippen molar-refractivity contribution in [2.45, 2.75) is 38.5 Å². The number of hydrogen-bond donors (Lipinski definition) is 1. The second-order valence-electron chi connectivity index (χ2n) is 2.55. The molecule has 0 aliphatic rings. The molecule has 4 heteroatoms. The van der Waals surface area contributed by atoms with E-state index in [9.17, 15) is 13.2 Å². The Kier molecular flexibility index (Phi) is 4.97. The maximum atomic E-state index is 11.7. The summed E-state index contributed by atoms with van der Waals surface area (Å²) in [4.78, 5) is 0. The van der Waals surface area contributed by atoms with Crippen LogP contribution in [0.25, 0.3) is 0 Å². The topological polar surface area (TPSA) is 20.2 Å². The van der Waals surface area contributed by atoms with Gasteiger partial charge in [-0.15, -0.1) is 0 Å². The molecule has 0 spiro atoms. The lowest BCUT2D eigenvalue weighted by Gasteiger charge is -2.11. The summed E-state index contributed by atoms with van der Waals surface area (Å²) >= 11 is 0. The summed E-state index contributed by atoms with van der Waals surface area (Å²) < 4.78 is 35.0. The number of aliphatic hydroxyl groups excluding tert-OH is 1. The first-order chi connectivity index (χ1) is 5.48. The molecular formula is C8H13F3O. The van der Waals surface area contributed by atoms with Crippen LogP contribution in [-0.4, -0.2) is 17.4 Å². The minimum absolute atomic E-state index is 0.344. The number of aliphatic hydroxyl groups is 1. The molecule has 1 N–H and O–H groups in total. The van der Waals surface area contributed by atoms with E-state index in [0.29, 0.717) is 0 Å². The van der Waals surface area contributed by atoms with Gasteiger partial charge in [0.25, 0.3) is 0 Å². The Labute approximate surface area is 69.9 Å². The van der Waals surface area contributed by atoms with Crippen LogP contribution in [0.4, 0.5) is 13.2 Å². The molecule has 0 saturated carbocycles. The highest BCUT2D eigenvalue weighted by molar-refractivity contribution is 4.85. The highest BCUT2D eigenvalue weighted by Gasteiger charge is 2.36. The third-order valence-corrected chi connectivity index (χ3v) is 1.36. The molecule has 0 rings (SSSR count). The lowest BCUT2D eigenvalue weighted by molar-refractivity contribution is -0.202. The molecule has 0 aromatic rings. The number of allylic oxidation sites excluding steroid dienone is 1. The molecule has 0 radical (unpaired) electrons. The van der Waals surface area contributed by atoms with Gasteiger partial charge in [-0.25, -0.2) is 0 Å². The fourth-order valence-corrected chi connectivity index (χ4v) is 0.643. The Morgan fingerprint density at radius 1 is 1.33 bits per heavy atom. The normalized spacial score (nSPS) is 15.4. The van der Waals surface area contributed by atoms with E-state index in [0.717, 1.165) is 12.8 Å². The zero-order valence-electron chi connectivity index (χ0n) is 6.93. The molecule has 0 saturated heterocycles. The van der Waals surface area contributed by atoms with E-state index in [1.807, 2.05) is 6.92 Å². The Bertz CT molecular complexity index is 140. The lowest BCUT2D eigenvalue weighted by atomic mass is 10.2. The van der Waals surface area contributed by atoms with Crippen LogP contribution in [0.5, 0.6) is 0 Å². The van der Waals surface area contributed by atoms with Crippen molar-refractivity contribution in [1.29, 1.82) is 0 Å². The molecular weight excluding hydrogens is 169 g/mol. The zero-order chi connectivity index (χ0) is 9.61. The van der Waals surface area contributed by atoms with Gasteiger partial charge in [-0.3, -0.25) is 0 Å². The van der Waals surface area contributed by atoms with Gasteiger partial charge in [0.05, 0.1) is 0 Å². The average molecular weight is 182 g/mol. The van der Waals surface area contributed by atoms with Crippen LogP contribution in [0.1, 0.15) is 26.2 Å². The van der Waals surface area contributed by atoms with Crippen molar-refractivity contribution in [2.75, 3.05) is 0 Å². The third-order valence-electron chi connectivity index (χ3n) is 1.36. The van der Waals surface area contributed by atoms with E-state index in [1.54, 1.807) is 6.08 Å². The van der Waals surface area contributed by atoms with Gasteiger partial charge in [-0.2, -0.15) is 13.2 Å². The fourth-order valence-electron chi connectivity index (χ4n) is 0.643. The van der Waals surface area contributed by atoms with E-state index in [4.69, 9.17) is 5.11 Å². The van der Waals surface area contributed by atoms with Gasteiger partial charge in [0.1, 0.15) is 0 Å². The first kappa shape index (κ1) is 11.5. The second kappa shape index (κ2) is 5.19. The molecule has 1 unspecified atom stereocenters. The minimum Gasteiger partial charge on any atom is -0.383 e. The summed E-state index contributed by atoms with van der Waals surface area (Å²) in [6.07, 6.45) is -2.38. The lowest BCUT2D eigenvalue weighted by Crippen LogP contribution is -2.27. The SMILES string of the molecule is CCC/C=C/CC(O)C(F)(F)F. The molecule has 0 aromatic heterocycles. The van der Waals surface area contributed by atoms with Crippen molar-refractivity contribution < 1.29 is 18.3 Å². The van der Waals surface area contributed by atoms with Crippen LogP contribution in [0, 0.1) is 0 Å². The summed E-state index contributed by atoms with van der Waals surface area (Å²) in [7, 11) is 0. The molecule has 0 aliphatic carbocycles. The van der Waals surface area contributed by atoms with Crippen LogP contribution >= 0.6 is 0 Å². The quantitative estimate of drug-likeness (QED) is 0.662. The van der Waals surface area contributed by atoms with Gasteiger partial charge in [-0.1, -0.05) is 25.5 Å². The molecule has 0 aromatic carbocycles. The van der Waals surface area contributed by atoms with Crippen LogP contribution in [0.15, 0.2) is 12.2 Å². The van der Waals surface area contributed by atoms with Gasteiger partial charge in [0.2, 0.25) is 0 Å². The minimum atomic E-state index is -4.49. The number of hydrogen-bond acceptors (Lipinski definition) is 1. The van der Waals surface area contributed by atoms with Crippen molar-refractivity contribution >= 4 is 0 Å². The standard InChI is InChI=1S/C8H13F3O/c1-2-3-4-5-6-7(12)8(9,10)11/h4-5,7,12H,2-3,6H2,1H3/b5-4+. The highest BCUT2D eigenvalue weighted by Crippen LogP contribution is 2.22. The Hall–Kier alpha value is -0.510. The van der Waals surface area contributed by atoms with Gasteiger partial charge >= 0.3 is 6.18 Å². The molecule has 0 amide bonds. The summed E-state index contributed by atoms with van der Waals surface area (Å²) in [5.74, 6) is 0. The number of alkyl halides is 3. The molecule has 12 heavy (non-hydrogen) atoms. The monoisotopic (exact) mass is 182 g/mol. The van der Waals surface area contributed by atoms with Crippen molar-refractivity contribution in [3.05, 3.63) is 12.2 Å². The third kappa shape index (κ3) is 5.18. The van der Waals surface area contributed by atoms with Crippen molar-refractivity contribution in [1.82, 2.24) is 0 Å². The molecule has 0 heterocycles. The van der Waals surface area contributed by atoms with E-state index in [2.05, 4.69) is 0 Å². The van der Waals surface area contributed by atoms with Gasteiger partial charge < -0.3 is 5.11 Å². The van der Waals surface area contributed by atoms with E-state index in [-0.39, 0.29) is 6.42 Å². The first-order valence-corrected chi connectivity index (χ1v) is 3.88. The van der Waals surface area contributed by atoms with Crippen LogP contribution in [0.2, 0.25) is 0 Å². The smallest absolute Gasteiger partial charge is 0.383 e. The Morgan fingerprint density at radius 3 is 2.33 bits per heavy atom. The molecule has 0 aliphatic heterocycles. The second-order valence-corrected chi connectivity index (χ2v) is 2.55. The number of rotatable bonds is 4. The summed E-state index contributed by atoms with van der Waals surface area (Å²) in [6.45, 7) is 1.94. The van der Waals surface area contributed by atoms with Crippen LogP contribution in [0.3, 0.4) is 0 Å². The number of unbranched alkanes of at least 4 members (excludes halogenated alkanes) is 1. The van der Waals surface area contributed by atoms with Crippen molar-refractivity contribution in [3.63, 3.8) is 0 Å². The van der Waals surface area contributed by atoms with Crippen LogP contribution in [-0.2, 0) is 0 Å². The average Bonchev–Trinajstić information content (AvgIpc) is 1.96. The molecule has 1 nitrogen and oxygen atoms in total. The fraction of sp³-hybridized carbons (Fsp3) is 0.750. The summed E-state index contributed by atoms with van der Waals surface area (Å²) in [5, 5.41) is 8.51. The molecule has 0 fully saturated rings. The number of halogens is 3. The molecule has 1 atom stereocenters. The first-order valence-electron chi connectivity index (χ1n) is 3.88. The zero-order valence-corrected chi connectivity index (χ0v) is 6.93. The highest BCUT2D eigenvalue weighted by atomic mass is 19.4. The Balaban J connectivity index is 3.64. The summed E-state index contributed by atoms with van der Waals surface area (Å²) in [5.41, 5.74) is 0. The van der Waals surface area contributed by atoms with Crippen molar-refractivity contribution in [2.24, 2.45) is 0 Å².